The SMILES string of the molecule is CC(C)CNC(=NCC(=O)N(C)C)NC1CCN(c2cccs2)CC1. The maximum Gasteiger partial charge on any atom is 0.243 e. The molecular formula is C18H31N5OS. The van der Waals surface area contributed by atoms with Crippen molar-refractivity contribution in [3.63, 3.8) is 0 Å². The normalized spacial score (nSPS) is 16.2. The predicted molar refractivity (Wildman–Crippen MR) is 107 cm³/mol. The Morgan fingerprint density at radius 2 is 2.12 bits per heavy atom. The maximum atomic E-state index is 11.8. The standard InChI is InChI=1S/C18H31N5OS/c1-14(2)12-19-18(20-13-16(24)22(3)4)21-15-7-9-23(10-8-15)17-6-5-11-25-17/h5-6,11,14-15H,7-10,12-13H2,1-4H3,(H2,19,20,21). The van der Waals surface area contributed by atoms with Crippen LogP contribution in [0.5, 0.6) is 0 Å². The summed E-state index contributed by atoms with van der Waals surface area (Å²) in [6.45, 7) is 7.44. The number of aliphatic imine (C=N–C) groups is 1. The van der Waals surface area contributed by atoms with Crippen molar-refractivity contribution in [3.8, 4) is 0 Å². The number of nitrogens with one attached hydrogen (secondary N) is 2. The van der Waals surface area contributed by atoms with Crippen molar-refractivity contribution in [2.45, 2.75) is 32.7 Å². The summed E-state index contributed by atoms with van der Waals surface area (Å²) in [6, 6.07) is 4.68. The third-order valence-electron chi connectivity index (χ3n) is 4.20. The van der Waals surface area contributed by atoms with Crippen LogP contribution in [0.2, 0.25) is 0 Å². The van der Waals surface area contributed by atoms with Crippen LogP contribution in [0.25, 0.3) is 0 Å². The lowest BCUT2D eigenvalue weighted by molar-refractivity contribution is -0.127. The van der Waals surface area contributed by atoms with E-state index in [2.05, 4.69) is 51.9 Å². The summed E-state index contributed by atoms with van der Waals surface area (Å²) in [6.07, 6.45) is 2.14. The zero-order chi connectivity index (χ0) is 18.2. The molecule has 2 heterocycles. The molecule has 0 aliphatic carbocycles. The van der Waals surface area contributed by atoms with Crippen molar-refractivity contribution in [2.75, 3.05) is 45.2 Å². The molecule has 0 radical (unpaired) electrons. The lowest BCUT2D eigenvalue weighted by atomic mass is 10.1. The number of nitrogens with zero attached hydrogens (tertiary/aromatic N) is 3. The Hall–Kier alpha value is -1.76. The third-order valence-corrected chi connectivity index (χ3v) is 5.13. The molecule has 0 unspecified atom stereocenters. The third kappa shape index (κ3) is 6.57. The molecule has 2 N–H and O–H groups in total. The number of piperidine rings is 1. The number of carbonyl (C=O) groups is 1. The average Bonchev–Trinajstić information content (AvgIpc) is 3.12. The fraction of sp³-hybridized carbons (Fsp3) is 0.667. The molecule has 1 aromatic rings. The number of amides is 1. The molecule has 1 aromatic heterocycles. The molecule has 7 heteroatoms. The van der Waals surface area contributed by atoms with Crippen molar-refractivity contribution in [1.82, 2.24) is 15.5 Å². The van der Waals surface area contributed by atoms with Gasteiger partial charge in [0.2, 0.25) is 5.91 Å². The first-order chi connectivity index (χ1) is 12.0. The van der Waals surface area contributed by atoms with E-state index in [-0.39, 0.29) is 12.5 Å². The van der Waals surface area contributed by atoms with Gasteiger partial charge in [-0.2, -0.15) is 0 Å². The highest BCUT2D eigenvalue weighted by Crippen LogP contribution is 2.24. The van der Waals surface area contributed by atoms with Gasteiger partial charge in [0.1, 0.15) is 6.54 Å². The molecular weight excluding hydrogens is 334 g/mol. The Morgan fingerprint density at radius 3 is 2.68 bits per heavy atom. The summed E-state index contributed by atoms with van der Waals surface area (Å²) in [5.74, 6) is 1.29. The van der Waals surface area contributed by atoms with E-state index in [0.717, 1.165) is 38.4 Å². The van der Waals surface area contributed by atoms with Crippen LogP contribution in [0.4, 0.5) is 5.00 Å². The summed E-state index contributed by atoms with van der Waals surface area (Å²) >= 11 is 1.80. The second-order valence-electron chi connectivity index (χ2n) is 7.08. The Labute approximate surface area is 155 Å². The van der Waals surface area contributed by atoms with Gasteiger partial charge < -0.3 is 20.4 Å². The largest absolute Gasteiger partial charge is 0.363 e. The van der Waals surface area contributed by atoms with Crippen molar-refractivity contribution in [2.24, 2.45) is 10.9 Å². The summed E-state index contributed by atoms with van der Waals surface area (Å²) in [4.78, 5) is 20.3. The fourth-order valence-electron chi connectivity index (χ4n) is 2.63. The summed E-state index contributed by atoms with van der Waals surface area (Å²) in [5.41, 5.74) is 0. The Balaban J connectivity index is 1.87. The minimum Gasteiger partial charge on any atom is -0.363 e. The van der Waals surface area contributed by atoms with E-state index in [4.69, 9.17) is 0 Å². The molecule has 1 fully saturated rings. The molecule has 0 bridgehead atoms. The first kappa shape index (κ1) is 19.6. The van der Waals surface area contributed by atoms with Crippen LogP contribution in [-0.4, -0.2) is 63.1 Å². The Kier molecular flexibility index (Phi) is 7.55. The van der Waals surface area contributed by atoms with Gasteiger partial charge in [-0.3, -0.25) is 4.79 Å². The Bertz CT molecular complexity index is 548. The molecule has 6 nitrogen and oxygen atoms in total. The van der Waals surface area contributed by atoms with Crippen molar-refractivity contribution in [1.29, 1.82) is 0 Å². The van der Waals surface area contributed by atoms with Crippen LogP contribution >= 0.6 is 11.3 Å². The maximum absolute atomic E-state index is 11.8. The van der Waals surface area contributed by atoms with E-state index in [1.165, 1.54) is 5.00 Å². The van der Waals surface area contributed by atoms with E-state index in [9.17, 15) is 4.79 Å². The molecule has 2 rings (SSSR count). The molecule has 1 aliphatic rings. The highest BCUT2D eigenvalue weighted by atomic mass is 32.1. The van der Waals surface area contributed by atoms with E-state index < -0.39 is 0 Å². The number of carbonyl (C=O) groups excluding carboxylic acids is 1. The molecule has 0 atom stereocenters. The van der Waals surface area contributed by atoms with E-state index in [1.807, 2.05) is 0 Å². The van der Waals surface area contributed by atoms with Crippen molar-refractivity contribution in [3.05, 3.63) is 17.5 Å². The lowest BCUT2D eigenvalue weighted by Crippen LogP contribution is -2.49. The molecule has 0 saturated carbocycles. The quantitative estimate of drug-likeness (QED) is 0.598. The number of hydrogen-bond acceptors (Lipinski definition) is 4. The van der Waals surface area contributed by atoms with Gasteiger partial charge in [0, 0.05) is 39.8 Å². The number of thiophene rings is 1. The number of anilines is 1. The van der Waals surface area contributed by atoms with Crippen LogP contribution in [0.3, 0.4) is 0 Å². The first-order valence-electron chi connectivity index (χ1n) is 8.99. The van der Waals surface area contributed by atoms with Gasteiger partial charge >= 0.3 is 0 Å². The topological polar surface area (TPSA) is 60.0 Å². The zero-order valence-corrected chi connectivity index (χ0v) is 16.6. The van der Waals surface area contributed by atoms with Crippen LogP contribution < -0.4 is 15.5 Å². The predicted octanol–water partition coefficient (Wildman–Crippen LogP) is 2.00. The van der Waals surface area contributed by atoms with Gasteiger partial charge in [0.15, 0.2) is 5.96 Å². The molecule has 1 saturated heterocycles. The summed E-state index contributed by atoms with van der Waals surface area (Å²) in [5, 5.41) is 10.3. The summed E-state index contributed by atoms with van der Waals surface area (Å²) < 4.78 is 0. The summed E-state index contributed by atoms with van der Waals surface area (Å²) in [7, 11) is 3.51. The molecule has 0 spiro atoms. The van der Waals surface area contributed by atoms with Gasteiger partial charge in [-0.15, -0.1) is 11.3 Å². The van der Waals surface area contributed by atoms with Crippen LogP contribution in [0, 0.1) is 5.92 Å². The molecule has 25 heavy (non-hydrogen) atoms. The van der Waals surface area contributed by atoms with Crippen LogP contribution in [0.1, 0.15) is 26.7 Å². The fourth-order valence-corrected chi connectivity index (χ4v) is 3.41. The number of hydrogen-bond donors (Lipinski definition) is 2. The van der Waals surface area contributed by atoms with Gasteiger partial charge in [-0.1, -0.05) is 13.8 Å². The van der Waals surface area contributed by atoms with Gasteiger partial charge in [0.05, 0.1) is 5.00 Å². The van der Waals surface area contributed by atoms with E-state index in [1.54, 1.807) is 30.3 Å². The van der Waals surface area contributed by atoms with E-state index >= 15 is 0 Å². The molecule has 140 valence electrons. The van der Waals surface area contributed by atoms with Gasteiger partial charge in [-0.05, 0) is 36.3 Å². The van der Waals surface area contributed by atoms with E-state index in [0.29, 0.717) is 12.0 Å². The van der Waals surface area contributed by atoms with Gasteiger partial charge in [-0.25, -0.2) is 4.99 Å². The minimum absolute atomic E-state index is 0.0122. The van der Waals surface area contributed by atoms with Crippen LogP contribution in [0.15, 0.2) is 22.5 Å². The van der Waals surface area contributed by atoms with Crippen LogP contribution in [-0.2, 0) is 4.79 Å². The highest BCUT2D eigenvalue weighted by molar-refractivity contribution is 7.14. The number of rotatable bonds is 6. The molecule has 1 aliphatic heterocycles. The second kappa shape index (κ2) is 9.65. The minimum atomic E-state index is 0.0122. The van der Waals surface area contributed by atoms with Crippen molar-refractivity contribution < 1.29 is 4.79 Å². The second-order valence-corrected chi connectivity index (χ2v) is 8.01. The monoisotopic (exact) mass is 365 g/mol. The average molecular weight is 366 g/mol. The smallest absolute Gasteiger partial charge is 0.243 e. The number of likely N-dealkylation sites (N-methyl/N-ethyl adjacent to an activating group) is 1. The van der Waals surface area contributed by atoms with Crippen molar-refractivity contribution >= 4 is 28.2 Å². The first-order valence-corrected chi connectivity index (χ1v) is 9.87. The highest BCUT2D eigenvalue weighted by Gasteiger charge is 2.21. The Morgan fingerprint density at radius 1 is 1.40 bits per heavy atom. The van der Waals surface area contributed by atoms with Gasteiger partial charge in [0.25, 0.3) is 0 Å². The molecule has 0 aromatic carbocycles. The lowest BCUT2D eigenvalue weighted by Gasteiger charge is -2.33. The zero-order valence-electron chi connectivity index (χ0n) is 15.8. The molecule has 1 amide bonds. The number of guanidine groups is 1.